The third-order valence-electron chi connectivity index (χ3n) is 3.61. The van der Waals surface area contributed by atoms with Crippen LogP contribution < -0.4 is 0 Å². The van der Waals surface area contributed by atoms with Crippen LogP contribution in [0.15, 0.2) is 107 Å². The zero-order chi connectivity index (χ0) is 23.2. The van der Waals surface area contributed by atoms with E-state index in [0.29, 0.717) is 0 Å². The molecule has 0 aromatic rings. The van der Waals surface area contributed by atoms with Crippen molar-refractivity contribution in [2.24, 2.45) is 0 Å². The topological polar surface area (TPSA) is 0 Å². The second kappa shape index (κ2) is 22.0. The van der Waals surface area contributed by atoms with E-state index in [4.69, 9.17) is 0 Å². The maximum absolute atomic E-state index is 3.98. The Kier molecular flexibility index (Phi) is 23.7. The summed E-state index contributed by atoms with van der Waals surface area (Å²) in [5.41, 5.74) is 7.18. The Hall–Kier alpha value is -2.34. The second-order valence-corrected chi connectivity index (χ2v) is 5.86. The lowest BCUT2D eigenvalue weighted by Gasteiger charge is -2.07. The van der Waals surface area contributed by atoms with Crippen LogP contribution in [0.4, 0.5) is 0 Å². The minimum absolute atomic E-state index is 0.999. The van der Waals surface area contributed by atoms with Crippen molar-refractivity contribution in [3.8, 4) is 0 Å². The van der Waals surface area contributed by atoms with E-state index >= 15 is 0 Å². The number of hydrogen-bond acceptors (Lipinski definition) is 0. The first-order valence-electron chi connectivity index (χ1n) is 11.0. The molecular formula is C29H46. The molecule has 0 unspecified atom stereocenters. The van der Waals surface area contributed by atoms with Gasteiger partial charge in [0, 0.05) is 0 Å². The standard InChI is InChI=1S/C23H28.3C2H6/c1-7-20(15-13-18(4)5)21(8-2)17-22(9-3)23-12-10-11-19(6)14-16-23;3*1-2/h7-10,12-17H,1,3,11H2,2,4-6H3;3*1-2H3/b20-15+,21-8+,22-17+;;;. The summed E-state index contributed by atoms with van der Waals surface area (Å²) < 4.78 is 0. The van der Waals surface area contributed by atoms with Gasteiger partial charge in [-0.25, -0.2) is 0 Å². The third-order valence-corrected chi connectivity index (χ3v) is 3.61. The van der Waals surface area contributed by atoms with Gasteiger partial charge in [0.1, 0.15) is 0 Å². The van der Waals surface area contributed by atoms with Crippen molar-refractivity contribution in [1.29, 1.82) is 0 Å². The van der Waals surface area contributed by atoms with Crippen LogP contribution >= 0.6 is 0 Å². The molecule has 0 amide bonds. The molecule has 1 rings (SSSR count). The van der Waals surface area contributed by atoms with Crippen molar-refractivity contribution in [3.63, 3.8) is 0 Å². The second-order valence-electron chi connectivity index (χ2n) is 5.86. The summed E-state index contributed by atoms with van der Waals surface area (Å²) in [4.78, 5) is 0. The Morgan fingerprint density at radius 1 is 0.862 bits per heavy atom. The van der Waals surface area contributed by atoms with Gasteiger partial charge in [0.15, 0.2) is 0 Å². The van der Waals surface area contributed by atoms with Crippen LogP contribution in [0.5, 0.6) is 0 Å². The molecule has 0 saturated carbocycles. The molecule has 0 aromatic carbocycles. The molecule has 0 nitrogen and oxygen atoms in total. The number of rotatable bonds is 6. The predicted octanol–water partition coefficient (Wildman–Crippen LogP) is 10.0. The summed E-state index contributed by atoms with van der Waals surface area (Å²) in [6.45, 7) is 28.3. The molecule has 1 aliphatic rings. The molecule has 0 N–H and O–H groups in total. The highest BCUT2D eigenvalue weighted by molar-refractivity contribution is 5.56. The van der Waals surface area contributed by atoms with Crippen molar-refractivity contribution < 1.29 is 0 Å². The van der Waals surface area contributed by atoms with Crippen LogP contribution in [0.25, 0.3) is 0 Å². The molecule has 0 fully saturated rings. The van der Waals surface area contributed by atoms with Crippen LogP contribution in [-0.2, 0) is 0 Å². The zero-order valence-corrected chi connectivity index (χ0v) is 20.9. The predicted molar refractivity (Wildman–Crippen MR) is 139 cm³/mol. The summed E-state index contributed by atoms with van der Waals surface area (Å²) >= 11 is 0. The van der Waals surface area contributed by atoms with Gasteiger partial charge in [0.25, 0.3) is 0 Å². The van der Waals surface area contributed by atoms with Crippen molar-refractivity contribution >= 4 is 0 Å². The van der Waals surface area contributed by atoms with Crippen LogP contribution in [0.1, 0.15) is 75.7 Å². The van der Waals surface area contributed by atoms with Gasteiger partial charge in [-0.3, -0.25) is 0 Å². The van der Waals surface area contributed by atoms with E-state index in [1.807, 2.05) is 60.6 Å². The van der Waals surface area contributed by atoms with E-state index in [1.54, 1.807) is 0 Å². The third kappa shape index (κ3) is 14.3. The lowest BCUT2D eigenvalue weighted by molar-refractivity contribution is 1.22. The van der Waals surface area contributed by atoms with Crippen molar-refractivity contribution in [1.82, 2.24) is 0 Å². The zero-order valence-electron chi connectivity index (χ0n) is 20.9. The Labute approximate surface area is 183 Å². The number of hydrogen-bond donors (Lipinski definition) is 0. The molecule has 29 heavy (non-hydrogen) atoms. The quantitative estimate of drug-likeness (QED) is 0.393. The van der Waals surface area contributed by atoms with E-state index in [2.05, 4.69) is 82.5 Å². The molecule has 0 saturated heterocycles. The highest BCUT2D eigenvalue weighted by Gasteiger charge is 2.04. The molecule has 0 radical (unpaired) electrons. The van der Waals surface area contributed by atoms with Crippen molar-refractivity contribution in [2.45, 2.75) is 75.7 Å². The van der Waals surface area contributed by atoms with Gasteiger partial charge in [-0.05, 0) is 62.5 Å². The first-order chi connectivity index (χ1) is 14.0. The summed E-state index contributed by atoms with van der Waals surface area (Å²) in [5, 5.41) is 0. The molecule has 1 aliphatic carbocycles. The number of allylic oxidation sites excluding steroid dienone is 16. The Bertz CT molecular complexity index is 661. The smallest absolute Gasteiger partial charge is 0.0135 e. The summed E-state index contributed by atoms with van der Waals surface area (Å²) in [6, 6.07) is 0. The van der Waals surface area contributed by atoms with Gasteiger partial charge in [-0.15, -0.1) is 0 Å². The normalized spacial score (nSPS) is 13.5. The largest absolute Gasteiger partial charge is 0.0984 e. The van der Waals surface area contributed by atoms with Gasteiger partial charge >= 0.3 is 0 Å². The van der Waals surface area contributed by atoms with E-state index < -0.39 is 0 Å². The fraction of sp³-hybridized carbons (Fsp3) is 0.379. The van der Waals surface area contributed by atoms with Crippen molar-refractivity contribution in [2.75, 3.05) is 0 Å². The molecule has 0 atom stereocenters. The monoisotopic (exact) mass is 394 g/mol. The van der Waals surface area contributed by atoms with Crippen LogP contribution in [0.2, 0.25) is 0 Å². The lowest BCUT2D eigenvalue weighted by Crippen LogP contribution is -1.88. The first kappa shape index (κ1) is 31.4. The molecule has 0 spiro atoms. The van der Waals surface area contributed by atoms with Gasteiger partial charge < -0.3 is 0 Å². The molecule has 0 aliphatic heterocycles. The van der Waals surface area contributed by atoms with Crippen LogP contribution in [0, 0.1) is 0 Å². The highest BCUT2D eigenvalue weighted by atomic mass is 14.1. The van der Waals surface area contributed by atoms with Gasteiger partial charge in [0.2, 0.25) is 0 Å². The molecule has 0 heterocycles. The Morgan fingerprint density at radius 2 is 1.45 bits per heavy atom. The average Bonchev–Trinajstić information content (AvgIpc) is 2.99. The van der Waals surface area contributed by atoms with E-state index in [9.17, 15) is 0 Å². The highest BCUT2D eigenvalue weighted by Crippen LogP contribution is 2.23. The summed E-state index contributed by atoms with van der Waals surface area (Å²) in [5.74, 6) is 0. The van der Waals surface area contributed by atoms with Gasteiger partial charge in [-0.2, -0.15) is 0 Å². The van der Waals surface area contributed by atoms with Gasteiger partial charge in [0.05, 0.1) is 0 Å². The first-order valence-corrected chi connectivity index (χ1v) is 11.0. The summed E-state index contributed by atoms with van der Waals surface area (Å²) in [6.07, 6.45) is 22.0. The molecule has 0 aromatic heterocycles. The van der Waals surface area contributed by atoms with Crippen molar-refractivity contribution in [3.05, 3.63) is 107 Å². The van der Waals surface area contributed by atoms with E-state index in [-0.39, 0.29) is 0 Å². The fourth-order valence-electron chi connectivity index (χ4n) is 2.22. The van der Waals surface area contributed by atoms with Gasteiger partial charge in [-0.1, -0.05) is 121 Å². The average molecular weight is 395 g/mol. The minimum atomic E-state index is 0.999. The van der Waals surface area contributed by atoms with Crippen LogP contribution in [0.3, 0.4) is 0 Å². The molecule has 162 valence electrons. The maximum Gasteiger partial charge on any atom is -0.0135 e. The lowest BCUT2D eigenvalue weighted by atomic mass is 9.97. The summed E-state index contributed by atoms with van der Waals surface area (Å²) in [7, 11) is 0. The van der Waals surface area contributed by atoms with Crippen LogP contribution in [-0.4, -0.2) is 0 Å². The Morgan fingerprint density at radius 3 is 1.90 bits per heavy atom. The SMILES string of the molecule is C=C\C(=C/C(=C\C)C(/C=C)=C/C=C(C)C)C1=CC=C(C)CC=C1.CC.CC.CC. The minimum Gasteiger partial charge on any atom is -0.0984 e. The molecule has 0 bridgehead atoms. The van der Waals surface area contributed by atoms with E-state index in [0.717, 1.165) is 23.1 Å². The molecular weight excluding hydrogens is 348 g/mol. The fourth-order valence-corrected chi connectivity index (χ4v) is 2.22. The van der Waals surface area contributed by atoms with E-state index in [1.165, 1.54) is 16.7 Å². The Balaban J connectivity index is -0.00000103. The maximum atomic E-state index is 3.98. The molecule has 0 heteroatoms.